The Bertz CT molecular complexity index is 849. The van der Waals surface area contributed by atoms with Crippen molar-refractivity contribution in [2.24, 2.45) is 4.99 Å². The average molecular weight is 330 g/mol. The lowest BCUT2D eigenvalue weighted by atomic mass is 10.2. The van der Waals surface area contributed by atoms with E-state index >= 15 is 0 Å². The fourth-order valence-electron chi connectivity index (χ4n) is 2.08. The molecule has 124 valence electrons. The van der Waals surface area contributed by atoms with E-state index in [1.165, 1.54) is 25.6 Å². The van der Waals surface area contributed by atoms with Crippen molar-refractivity contribution < 1.29 is 14.0 Å². The van der Waals surface area contributed by atoms with E-state index in [-0.39, 0.29) is 17.9 Å². The maximum atomic E-state index is 13.0. The van der Waals surface area contributed by atoms with Crippen LogP contribution >= 0.6 is 0 Å². The Balaban J connectivity index is 1.86. The van der Waals surface area contributed by atoms with Gasteiger partial charge < -0.3 is 4.74 Å². The second-order valence-corrected chi connectivity index (χ2v) is 4.79. The fourth-order valence-corrected chi connectivity index (χ4v) is 2.08. The maximum Gasteiger partial charge on any atom is 0.272 e. The van der Waals surface area contributed by atoms with Gasteiger partial charge >= 0.3 is 0 Å². The maximum absolute atomic E-state index is 13.0. The molecule has 2 heterocycles. The van der Waals surface area contributed by atoms with Crippen LogP contribution in [-0.4, -0.2) is 33.0 Å². The highest BCUT2D eigenvalue weighted by Gasteiger charge is 2.15. The molecular weight excluding hydrogens is 315 g/mol. The second kappa shape index (κ2) is 7.01. The summed E-state index contributed by atoms with van der Waals surface area (Å²) in [6.07, 6.45) is 2.59. The summed E-state index contributed by atoms with van der Waals surface area (Å²) < 4.78 is 20.3. The van der Waals surface area contributed by atoms with Crippen LogP contribution in [0.5, 0.6) is 5.75 Å². The molecule has 1 aromatic carbocycles. The average Bonchev–Trinajstić information content (AvgIpc) is 3.00. The molecule has 0 radical (unpaired) electrons. The minimum atomic E-state index is -0.350. The van der Waals surface area contributed by atoms with E-state index in [1.807, 2.05) is 6.92 Å². The van der Waals surface area contributed by atoms with Gasteiger partial charge in [-0.25, -0.2) is 9.37 Å². The Morgan fingerprint density at radius 3 is 2.83 bits per heavy atom. The molecule has 0 aliphatic heterocycles. The monoisotopic (exact) mass is 330 g/mol. The number of benzene rings is 1. The van der Waals surface area contributed by atoms with Gasteiger partial charge in [-0.1, -0.05) is 0 Å². The van der Waals surface area contributed by atoms with Crippen molar-refractivity contribution >= 4 is 18.1 Å². The van der Waals surface area contributed by atoms with Crippen LogP contribution in [0.25, 0.3) is 5.78 Å². The number of fused-ring (bicyclic) bond motifs is 1. The second-order valence-electron chi connectivity index (χ2n) is 4.79. The minimum absolute atomic E-state index is 0.230. The zero-order valence-corrected chi connectivity index (χ0v) is 13.0. The van der Waals surface area contributed by atoms with Gasteiger partial charge in [-0.3, -0.25) is 10.3 Å². The lowest BCUT2D eigenvalue weighted by Crippen LogP contribution is -2.10. The van der Waals surface area contributed by atoms with Crippen molar-refractivity contribution in [3.05, 3.63) is 48.0 Å². The zero-order chi connectivity index (χ0) is 16.9. The standard InChI is InChI=1S/C15H15FN6O2/c1-10(24-12-5-3-11(16)4-6-12)13-7-8-17-15-20-14(21-22(13)15)18-9-19-23-2/h3-10H,1-2H3,(H,18,19,21)/t10-/m1/s1. The van der Waals surface area contributed by atoms with Crippen molar-refractivity contribution in [3.8, 4) is 5.75 Å². The molecule has 1 N–H and O–H groups in total. The minimum Gasteiger partial charge on any atom is -0.484 e. The predicted molar refractivity (Wildman–Crippen MR) is 84.5 cm³/mol. The number of ether oxygens (including phenoxy) is 1. The van der Waals surface area contributed by atoms with E-state index in [0.29, 0.717) is 11.5 Å². The molecule has 9 heteroatoms. The quantitative estimate of drug-likeness (QED) is 0.424. The van der Waals surface area contributed by atoms with Crippen molar-refractivity contribution in [2.75, 3.05) is 7.11 Å². The number of nitrogens with one attached hydrogen (secondary N) is 1. The molecule has 8 nitrogen and oxygen atoms in total. The number of rotatable bonds is 6. The highest BCUT2D eigenvalue weighted by atomic mass is 19.1. The van der Waals surface area contributed by atoms with Crippen molar-refractivity contribution in [3.63, 3.8) is 0 Å². The van der Waals surface area contributed by atoms with Crippen molar-refractivity contribution in [2.45, 2.75) is 13.0 Å². The van der Waals surface area contributed by atoms with Crippen LogP contribution in [0.2, 0.25) is 0 Å². The number of hydrogen-bond acceptors (Lipinski definition) is 6. The molecule has 1 atom stereocenters. The molecular formula is C15H15FN6O2. The summed E-state index contributed by atoms with van der Waals surface area (Å²) in [5.74, 6) is 0.862. The first-order chi connectivity index (χ1) is 11.7. The Morgan fingerprint density at radius 1 is 1.29 bits per heavy atom. The van der Waals surface area contributed by atoms with Gasteiger partial charge in [0.2, 0.25) is 0 Å². The molecule has 0 aliphatic carbocycles. The molecule has 0 bridgehead atoms. The summed E-state index contributed by atoms with van der Waals surface area (Å²) in [6.45, 7) is 1.86. The lowest BCUT2D eigenvalue weighted by molar-refractivity contribution is 0.148. The topological polar surface area (TPSA) is 85.9 Å². The Hall–Kier alpha value is -3.07. The molecule has 0 saturated heterocycles. The van der Waals surface area contributed by atoms with Crippen molar-refractivity contribution in [1.82, 2.24) is 25.1 Å². The normalized spacial score (nSPS) is 12.6. The van der Waals surface area contributed by atoms with Crippen LogP contribution < -0.4 is 10.2 Å². The van der Waals surface area contributed by atoms with Crippen LogP contribution in [-0.2, 0) is 4.84 Å². The molecule has 0 unspecified atom stereocenters. The molecule has 0 amide bonds. The number of hydrogen-bond donors (Lipinski definition) is 1. The van der Waals surface area contributed by atoms with E-state index in [4.69, 9.17) is 4.74 Å². The summed E-state index contributed by atoms with van der Waals surface area (Å²) in [5.41, 5.74) is 3.19. The first kappa shape index (κ1) is 15.8. The number of aromatic nitrogens is 4. The largest absolute Gasteiger partial charge is 0.484 e. The van der Waals surface area contributed by atoms with Gasteiger partial charge in [0.15, 0.2) is 0 Å². The van der Waals surface area contributed by atoms with Crippen LogP contribution in [0.3, 0.4) is 0 Å². The number of halogens is 1. The van der Waals surface area contributed by atoms with E-state index in [2.05, 4.69) is 30.4 Å². The van der Waals surface area contributed by atoms with E-state index in [1.54, 1.807) is 28.9 Å². The molecule has 0 fully saturated rings. The third-order valence-electron chi connectivity index (χ3n) is 3.15. The summed E-state index contributed by atoms with van der Waals surface area (Å²) in [4.78, 5) is 17.0. The van der Waals surface area contributed by atoms with Gasteiger partial charge in [-0.05, 0) is 37.3 Å². The smallest absolute Gasteiger partial charge is 0.272 e. The Kier molecular flexibility index (Phi) is 4.62. The van der Waals surface area contributed by atoms with Crippen LogP contribution in [0, 0.1) is 5.82 Å². The third-order valence-corrected chi connectivity index (χ3v) is 3.15. The van der Waals surface area contributed by atoms with Gasteiger partial charge in [0.05, 0.1) is 12.8 Å². The van der Waals surface area contributed by atoms with Gasteiger partial charge in [0, 0.05) is 6.20 Å². The molecule has 3 rings (SSSR count). The lowest BCUT2D eigenvalue weighted by Gasteiger charge is -2.15. The summed E-state index contributed by atoms with van der Waals surface area (Å²) in [5, 5.41) is 4.27. The summed E-state index contributed by atoms with van der Waals surface area (Å²) >= 11 is 0. The highest BCUT2D eigenvalue weighted by Crippen LogP contribution is 2.22. The van der Waals surface area contributed by atoms with Crippen LogP contribution in [0.4, 0.5) is 10.3 Å². The Morgan fingerprint density at radius 2 is 2.08 bits per heavy atom. The fraction of sp³-hybridized carbons (Fsp3) is 0.200. The summed E-state index contributed by atoms with van der Waals surface area (Å²) in [6, 6.07) is 7.59. The predicted octanol–water partition coefficient (Wildman–Crippen LogP) is 2.21. The van der Waals surface area contributed by atoms with E-state index in [0.717, 1.165) is 5.69 Å². The van der Waals surface area contributed by atoms with E-state index in [9.17, 15) is 4.39 Å². The van der Waals surface area contributed by atoms with Crippen LogP contribution in [0.1, 0.15) is 18.7 Å². The first-order valence-corrected chi connectivity index (χ1v) is 7.12. The number of hydroxylamine groups is 1. The van der Waals surface area contributed by atoms with Gasteiger partial charge in [-0.2, -0.15) is 14.5 Å². The molecule has 24 heavy (non-hydrogen) atoms. The zero-order valence-electron chi connectivity index (χ0n) is 13.0. The molecule has 2 aromatic heterocycles. The van der Waals surface area contributed by atoms with Gasteiger partial charge in [0.1, 0.15) is 24.0 Å². The third kappa shape index (κ3) is 3.46. The summed E-state index contributed by atoms with van der Waals surface area (Å²) in [7, 11) is 1.47. The number of aliphatic imine (C=N–C) groups is 1. The number of nitrogens with zero attached hydrogens (tertiary/aromatic N) is 5. The molecule has 0 spiro atoms. The van der Waals surface area contributed by atoms with E-state index < -0.39 is 0 Å². The SMILES string of the molecule is CONC=Nc1nc2nccc([C@@H](C)Oc3ccc(F)cc3)n2n1. The molecule has 0 aliphatic rings. The highest BCUT2D eigenvalue weighted by molar-refractivity contribution is 5.57. The van der Waals surface area contributed by atoms with Crippen molar-refractivity contribution in [1.29, 1.82) is 0 Å². The first-order valence-electron chi connectivity index (χ1n) is 7.12. The molecule has 0 saturated carbocycles. The van der Waals surface area contributed by atoms with Gasteiger partial charge in [-0.15, -0.1) is 5.10 Å². The molecule has 3 aromatic rings. The van der Waals surface area contributed by atoms with Gasteiger partial charge in [0.25, 0.3) is 11.7 Å². The van der Waals surface area contributed by atoms with Crippen LogP contribution in [0.15, 0.2) is 41.5 Å². The Labute approximate surface area is 136 Å².